The average molecular weight is 307 g/mol. The molecule has 1 aliphatic rings. The highest BCUT2D eigenvalue weighted by Gasteiger charge is 2.22. The second-order valence-electron chi connectivity index (χ2n) is 5.12. The van der Waals surface area contributed by atoms with Gasteiger partial charge in [-0.15, -0.1) is 11.3 Å². The minimum atomic E-state index is -0.392. The SMILES string of the molecule is O=C(CCc1nc(-c2cccs2)no1)N1CCCC(O)C1. The van der Waals surface area contributed by atoms with E-state index in [1.807, 2.05) is 17.5 Å². The maximum absolute atomic E-state index is 12.1. The van der Waals surface area contributed by atoms with Crippen molar-refractivity contribution >= 4 is 17.2 Å². The molecule has 3 heterocycles. The molecule has 1 unspecified atom stereocenters. The maximum Gasteiger partial charge on any atom is 0.227 e. The molecule has 1 atom stereocenters. The van der Waals surface area contributed by atoms with Gasteiger partial charge in [-0.2, -0.15) is 4.98 Å². The monoisotopic (exact) mass is 307 g/mol. The van der Waals surface area contributed by atoms with E-state index in [2.05, 4.69) is 10.1 Å². The van der Waals surface area contributed by atoms with Gasteiger partial charge in [0, 0.05) is 25.9 Å². The van der Waals surface area contributed by atoms with E-state index in [9.17, 15) is 9.90 Å². The molecule has 0 spiro atoms. The van der Waals surface area contributed by atoms with Gasteiger partial charge in [-0.25, -0.2) is 0 Å². The number of aryl methyl sites for hydroxylation is 1. The molecule has 7 heteroatoms. The highest BCUT2D eigenvalue weighted by atomic mass is 32.1. The Morgan fingerprint density at radius 3 is 3.24 bits per heavy atom. The number of amides is 1. The second-order valence-corrected chi connectivity index (χ2v) is 6.07. The van der Waals surface area contributed by atoms with Crippen molar-refractivity contribution in [1.82, 2.24) is 15.0 Å². The second kappa shape index (κ2) is 6.36. The number of piperidine rings is 1. The fourth-order valence-corrected chi connectivity index (χ4v) is 3.06. The average Bonchev–Trinajstić information content (AvgIpc) is 3.15. The molecule has 1 aliphatic heterocycles. The van der Waals surface area contributed by atoms with Gasteiger partial charge in [-0.3, -0.25) is 4.79 Å². The van der Waals surface area contributed by atoms with E-state index in [0.717, 1.165) is 24.3 Å². The van der Waals surface area contributed by atoms with Gasteiger partial charge in [-0.05, 0) is 24.3 Å². The van der Waals surface area contributed by atoms with E-state index in [-0.39, 0.29) is 5.91 Å². The Kier molecular flexibility index (Phi) is 4.31. The summed E-state index contributed by atoms with van der Waals surface area (Å²) in [6, 6.07) is 3.86. The molecule has 2 aromatic heterocycles. The van der Waals surface area contributed by atoms with Crippen molar-refractivity contribution in [1.29, 1.82) is 0 Å². The zero-order chi connectivity index (χ0) is 14.7. The third kappa shape index (κ3) is 3.48. The minimum Gasteiger partial charge on any atom is -0.391 e. The lowest BCUT2D eigenvalue weighted by Gasteiger charge is -2.30. The van der Waals surface area contributed by atoms with Gasteiger partial charge in [-0.1, -0.05) is 11.2 Å². The number of hydrogen-bond acceptors (Lipinski definition) is 6. The Bertz CT molecular complexity index is 596. The van der Waals surface area contributed by atoms with Crippen LogP contribution in [0, 0.1) is 0 Å². The van der Waals surface area contributed by atoms with Crippen molar-refractivity contribution in [3.05, 3.63) is 23.4 Å². The molecule has 0 saturated carbocycles. The van der Waals surface area contributed by atoms with Crippen LogP contribution in [0.4, 0.5) is 0 Å². The highest BCUT2D eigenvalue weighted by molar-refractivity contribution is 7.13. The molecule has 0 radical (unpaired) electrons. The first-order chi connectivity index (χ1) is 10.2. The number of carbonyl (C=O) groups excluding carboxylic acids is 1. The van der Waals surface area contributed by atoms with Gasteiger partial charge >= 0.3 is 0 Å². The molecule has 0 aromatic carbocycles. The smallest absolute Gasteiger partial charge is 0.227 e. The molecule has 0 aliphatic carbocycles. The Morgan fingerprint density at radius 2 is 2.48 bits per heavy atom. The fourth-order valence-electron chi connectivity index (χ4n) is 2.42. The van der Waals surface area contributed by atoms with Crippen LogP contribution in [0.25, 0.3) is 10.7 Å². The lowest BCUT2D eigenvalue weighted by molar-refractivity contribution is -0.134. The summed E-state index contributed by atoms with van der Waals surface area (Å²) in [5.74, 6) is 1.08. The number of rotatable bonds is 4. The first-order valence-corrected chi connectivity index (χ1v) is 7.92. The zero-order valence-corrected chi connectivity index (χ0v) is 12.4. The fraction of sp³-hybridized carbons (Fsp3) is 0.500. The summed E-state index contributed by atoms with van der Waals surface area (Å²) in [5, 5.41) is 15.5. The number of β-amino-alcohol motifs (C(OH)–C–C–N with tert-alkyl or cyclic N) is 1. The van der Waals surface area contributed by atoms with Gasteiger partial charge in [0.25, 0.3) is 0 Å². The standard InChI is InChI=1S/C14H17N3O3S/c18-10-3-1-7-17(9-10)13(19)6-5-12-15-14(16-20-12)11-4-2-8-21-11/h2,4,8,10,18H,1,3,5-7,9H2. The largest absolute Gasteiger partial charge is 0.391 e. The first kappa shape index (κ1) is 14.2. The van der Waals surface area contributed by atoms with E-state index in [1.54, 1.807) is 16.2 Å². The molecule has 3 rings (SSSR count). The number of nitrogens with zero attached hydrogens (tertiary/aromatic N) is 3. The number of hydrogen-bond donors (Lipinski definition) is 1. The van der Waals surface area contributed by atoms with Crippen LogP contribution in [0.3, 0.4) is 0 Å². The molecule has 6 nitrogen and oxygen atoms in total. The van der Waals surface area contributed by atoms with Crippen LogP contribution >= 0.6 is 11.3 Å². The van der Waals surface area contributed by atoms with Gasteiger partial charge < -0.3 is 14.5 Å². The zero-order valence-electron chi connectivity index (χ0n) is 11.6. The molecule has 21 heavy (non-hydrogen) atoms. The van der Waals surface area contributed by atoms with Crippen LogP contribution in [-0.2, 0) is 11.2 Å². The van der Waals surface area contributed by atoms with Crippen LogP contribution in [0.1, 0.15) is 25.2 Å². The van der Waals surface area contributed by atoms with Crippen LogP contribution in [0.2, 0.25) is 0 Å². The Morgan fingerprint density at radius 1 is 1.57 bits per heavy atom. The molecule has 1 amide bonds. The van der Waals surface area contributed by atoms with E-state index in [0.29, 0.717) is 31.1 Å². The van der Waals surface area contributed by atoms with Crippen molar-refractivity contribution in [3.8, 4) is 10.7 Å². The molecular formula is C14H17N3O3S. The van der Waals surface area contributed by atoms with Crippen LogP contribution in [0.5, 0.6) is 0 Å². The summed E-state index contributed by atoms with van der Waals surface area (Å²) >= 11 is 1.55. The van der Waals surface area contributed by atoms with E-state index < -0.39 is 6.10 Å². The summed E-state index contributed by atoms with van der Waals surface area (Å²) < 4.78 is 5.17. The Labute approximate surface area is 126 Å². The van der Waals surface area contributed by atoms with Crippen molar-refractivity contribution < 1.29 is 14.4 Å². The molecule has 1 fully saturated rings. The first-order valence-electron chi connectivity index (χ1n) is 7.04. The Balaban J connectivity index is 1.54. The van der Waals surface area contributed by atoms with Crippen molar-refractivity contribution in [2.24, 2.45) is 0 Å². The number of aliphatic hydroxyl groups excluding tert-OH is 1. The summed E-state index contributed by atoms with van der Waals surface area (Å²) in [5.41, 5.74) is 0. The predicted molar refractivity (Wildman–Crippen MR) is 77.8 cm³/mol. The van der Waals surface area contributed by atoms with E-state index >= 15 is 0 Å². The van der Waals surface area contributed by atoms with E-state index in [4.69, 9.17) is 4.52 Å². The van der Waals surface area contributed by atoms with Crippen LogP contribution in [0.15, 0.2) is 22.0 Å². The number of likely N-dealkylation sites (tertiary alicyclic amines) is 1. The van der Waals surface area contributed by atoms with Gasteiger partial charge in [0.15, 0.2) is 0 Å². The van der Waals surface area contributed by atoms with Crippen molar-refractivity contribution in [2.75, 3.05) is 13.1 Å². The lowest BCUT2D eigenvalue weighted by Crippen LogP contribution is -2.42. The van der Waals surface area contributed by atoms with Crippen LogP contribution in [-0.4, -0.2) is 45.2 Å². The summed E-state index contributed by atoms with van der Waals surface area (Å²) in [6.45, 7) is 1.16. The third-order valence-corrected chi connectivity index (χ3v) is 4.38. The summed E-state index contributed by atoms with van der Waals surface area (Å²) in [7, 11) is 0. The molecule has 1 saturated heterocycles. The molecule has 0 bridgehead atoms. The minimum absolute atomic E-state index is 0.0321. The van der Waals surface area contributed by atoms with Crippen LogP contribution < -0.4 is 0 Å². The quantitative estimate of drug-likeness (QED) is 0.930. The molecule has 1 N–H and O–H groups in total. The van der Waals surface area contributed by atoms with Gasteiger partial charge in [0.05, 0.1) is 11.0 Å². The number of carbonyl (C=O) groups is 1. The van der Waals surface area contributed by atoms with Gasteiger partial charge in [0.1, 0.15) is 0 Å². The topological polar surface area (TPSA) is 79.5 Å². The predicted octanol–water partition coefficient (Wildman–Crippen LogP) is 1.71. The number of thiophene rings is 1. The molecular weight excluding hydrogens is 290 g/mol. The summed E-state index contributed by atoms with van der Waals surface area (Å²) in [4.78, 5) is 19.0. The van der Waals surface area contributed by atoms with Gasteiger partial charge in [0.2, 0.25) is 17.6 Å². The van der Waals surface area contributed by atoms with E-state index in [1.165, 1.54) is 0 Å². The maximum atomic E-state index is 12.1. The normalized spacial score (nSPS) is 18.9. The number of aliphatic hydroxyl groups is 1. The third-order valence-electron chi connectivity index (χ3n) is 3.51. The Hall–Kier alpha value is -1.73. The summed E-state index contributed by atoms with van der Waals surface area (Å²) in [6.07, 6.45) is 2.01. The molecule has 112 valence electrons. The van der Waals surface area contributed by atoms with Crippen molar-refractivity contribution in [2.45, 2.75) is 31.8 Å². The highest BCUT2D eigenvalue weighted by Crippen LogP contribution is 2.21. The molecule has 2 aromatic rings. The number of aromatic nitrogens is 2. The lowest BCUT2D eigenvalue weighted by atomic mass is 10.1. The van der Waals surface area contributed by atoms with Crippen molar-refractivity contribution in [3.63, 3.8) is 0 Å².